The maximum absolute atomic E-state index is 12.2. The molecule has 2 fully saturated rings. The van der Waals surface area contributed by atoms with E-state index in [-0.39, 0.29) is 17.9 Å². The molecule has 3 N–H and O–H groups in total. The Balaban J connectivity index is 1.89. The summed E-state index contributed by atoms with van der Waals surface area (Å²) in [7, 11) is 0. The second-order valence-corrected chi connectivity index (χ2v) is 6.00. The Morgan fingerprint density at radius 3 is 2.71 bits per heavy atom. The van der Waals surface area contributed by atoms with Gasteiger partial charge in [0.25, 0.3) is 0 Å². The van der Waals surface area contributed by atoms with Gasteiger partial charge in [-0.2, -0.15) is 0 Å². The molecule has 0 spiro atoms. The summed E-state index contributed by atoms with van der Waals surface area (Å²) in [5.41, 5.74) is 5.66. The zero-order valence-electron chi connectivity index (χ0n) is 10.4. The van der Waals surface area contributed by atoms with Gasteiger partial charge in [-0.15, -0.1) is 0 Å². The number of nitrogens with one attached hydrogen (secondary N) is 1. The number of thiocarbonyl (C=S) groups is 1. The van der Waals surface area contributed by atoms with E-state index >= 15 is 0 Å². The minimum Gasteiger partial charge on any atom is -0.392 e. The molecule has 3 nitrogen and oxygen atoms in total. The Morgan fingerprint density at radius 1 is 1.47 bits per heavy atom. The van der Waals surface area contributed by atoms with Crippen LogP contribution in [-0.4, -0.2) is 16.9 Å². The molecule has 0 saturated heterocycles. The Labute approximate surface area is 109 Å². The smallest absolute Gasteiger partial charge is 0.223 e. The van der Waals surface area contributed by atoms with E-state index in [9.17, 15) is 4.79 Å². The minimum absolute atomic E-state index is 0.110. The Morgan fingerprint density at radius 2 is 2.24 bits per heavy atom. The first-order valence-electron chi connectivity index (χ1n) is 6.71. The summed E-state index contributed by atoms with van der Waals surface area (Å²) in [6.07, 6.45) is 6.72. The number of carbonyl (C=O) groups is 1. The van der Waals surface area contributed by atoms with E-state index in [0.717, 1.165) is 25.2 Å². The summed E-state index contributed by atoms with van der Waals surface area (Å²) in [5, 5.41) is 3.04. The Kier molecular flexibility index (Phi) is 4.02. The fourth-order valence-electron chi connectivity index (χ4n) is 3.42. The highest BCUT2D eigenvalue weighted by Crippen LogP contribution is 2.48. The zero-order valence-corrected chi connectivity index (χ0v) is 11.3. The SMILES string of the molecule is CCCC(NC(=O)C1CC2CCC1C2)C(N)=S. The van der Waals surface area contributed by atoms with Crippen molar-refractivity contribution in [3.63, 3.8) is 0 Å². The van der Waals surface area contributed by atoms with Crippen molar-refractivity contribution in [3.8, 4) is 0 Å². The minimum atomic E-state index is -0.110. The van der Waals surface area contributed by atoms with E-state index in [4.69, 9.17) is 18.0 Å². The molecule has 0 aromatic rings. The normalized spacial score (nSPS) is 32.4. The summed E-state index contributed by atoms with van der Waals surface area (Å²) >= 11 is 5.01. The second kappa shape index (κ2) is 5.34. The quantitative estimate of drug-likeness (QED) is 0.738. The summed E-state index contributed by atoms with van der Waals surface area (Å²) in [6.45, 7) is 2.08. The highest BCUT2D eigenvalue weighted by molar-refractivity contribution is 7.80. The van der Waals surface area contributed by atoms with Gasteiger partial charge in [-0.25, -0.2) is 0 Å². The molecule has 2 rings (SSSR count). The third kappa shape index (κ3) is 2.79. The molecule has 0 aromatic carbocycles. The van der Waals surface area contributed by atoms with Crippen molar-refractivity contribution < 1.29 is 4.79 Å². The van der Waals surface area contributed by atoms with Gasteiger partial charge in [0.15, 0.2) is 0 Å². The molecule has 0 aliphatic heterocycles. The molecule has 0 radical (unpaired) electrons. The van der Waals surface area contributed by atoms with Crippen LogP contribution in [0.3, 0.4) is 0 Å². The first-order valence-corrected chi connectivity index (χ1v) is 7.12. The van der Waals surface area contributed by atoms with Crippen LogP contribution in [0, 0.1) is 17.8 Å². The van der Waals surface area contributed by atoms with E-state index in [1.807, 2.05) is 0 Å². The number of hydrogen-bond donors (Lipinski definition) is 2. The Hall–Kier alpha value is -0.640. The lowest BCUT2D eigenvalue weighted by molar-refractivity contribution is -0.126. The van der Waals surface area contributed by atoms with Gasteiger partial charge in [0.2, 0.25) is 5.91 Å². The predicted molar refractivity (Wildman–Crippen MR) is 72.6 cm³/mol. The van der Waals surface area contributed by atoms with E-state index in [1.165, 1.54) is 19.3 Å². The van der Waals surface area contributed by atoms with Crippen LogP contribution in [0.1, 0.15) is 45.4 Å². The fourth-order valence-corrected chi connectivity index (χ4v) is 3.60. The first kappa shape index (κ1) is 12.8. The molecule has 2 bridgehead atoms. The molecule has 4 unspecified atom stereocenters. The summed E-state index contributed by atoms with van der Waals surface area (Å²) in [4.78, 5) is 12.6. The van der Waals surface area contributed by atoms with Gasteiger partial charge < -0.3 is 11.1 Å². The van der Waals surface area contributed by atoms with E-state index in [1.54, 1.807) is 0 Å². The number of rotatable bonds is 5. The molecule has 4 heteroatoms. The third-order valence-corrected chi connectivity index (χ3v) is 4.60. The number of nitrogens with two attached hydrogens (primary N) is 1. The van der Waals surface area contributed by atoms with E-state index in [2.05, 4.69) is 12.2 Å². The molecule has 17 heavy (non-hydrogen) atoms. The van der Waals surface area contributed by atoms with Crippen LogP contribution in [0.5, 0.6) is 0 Å². The monoisotopic (exact) mass is 254 g/mol. The van der Waals surface area contributed by atoms with Crippen molar-refractivity contribution in [2.45, 2.75) is 51.5 Å². The number of carbonyl (C=O) groups excluding carboxylic acids is 1. The largest absolute Gasteiger partial charge is 0.392 e. The average Bonchev–Trinajstić information content (AvgIpc) is 2.89. The van der Waals surface area contributed by atoms with E-state index < -0.39 is 0 Å². The van der Waals surface area contributed by atoms with Gasteiger partial charge >= 0.3 is 0 Å². The maximum atomic E-state index is 12.2. The van der Waals surface area contributed by atoms with Gasteiger partial charge in [-0.3, -0.25) is 4.79 Å². The molecule has 0 heterocycles. The lowest BCUT2D eigenvalue weighted by atomic mass is 9.88. The van der Waals surface area contributed by atoms with Gasteiger partial charge in [-0.05, 0) is 37.5 Å². The second-order valence-electron chi connectivity index (χ2n) is 5.53. The molecule has 2 aliphatic carbocycles. The van der Waals surface area contributed by atoms with Crippen LogP contribution >= 0.6 is 12.2 Å². The highest BCUT2D eigenvalue weighted by Gasteiger charge is 2.43. The van der Waals surface area contributed by atoms with Crippen molar-refractivity contribution >= 4 is 23.1 Å². The molecule has 0 aromatic heterocycles. The summed E-state index contributed by atoms with van der Waals surface area (Å²) in [6, 6.07) is -0.110. The summed E-state index contributed by atoms with van der Waals surface area (Å²) in [5.74, 6) is 1.82. The van der Waals surface area contributed by atoms with Crippen molar-refractivity contribution in [2.75, 3.05) is 0 Å². The van der Waals surface area contributed by atoms with Crippen molar-refractivity contribution in [1.82, 2.24) is 5.32 Å². The van der Waals surface area contributed by atoms with Crippen LogP contribution < -0.4 is 11.1 Å². The van der Waals surface area contributed by atoms with Gasteiger partial charge in [-0.1, -0.05) is 32.0 Å². The molecule has 1 amide bonds. The van der Waals surface area contributed by atoms with Crippen LogP contribution in [0.4, 0.5) is 0 Å². The van der Waals surface area contributed by atoms with E-state index in [0.29, 0.717) is 10.9 Å². The van der Waals surface area contributed by atoms with Crippen molar-refractivity contribution in [2.24, 2.45) is 23.5 Å². The highest BCUT2D eigenvalue weighted by atomic mass is 32.1. The molecule has 96 valence electrons. The van der Waals surface area contributed by atoms with Crippen LogP contribution in [0.2, 0.25) is 0 Å². The number of amides is 1. The Bertz CT molecular complexity index is 319. The van der Waals surface area contributed by atoms with Crippen molar-refractivity contribution in [1.29, 1.82) is 0 Å². The van der Waals surface area contributed by atoms with Gasteiger partial charge in [0.1, 0.15) is 0 Å². The average molecular weight is 254 g/mol. The topological polar surface area (TPSA) is 55.1 Å². The van der Waals surface area contributed by atoms with Gasteiger partial charge in [0, 0.05) is 5.92 Å². The molecular weight excluding hydrogens is 232 g/mol. The van der Waals surface area contributed by atoms with Crippen LogP contribution in [0.25, 0.3) is 0 Å². The molecule has 4 atom stereocenters. The predicted octanol–water partition coefficient (Wildman–Crippen LogP) is 1.99. The fraction of sp³-hybridized carbons (Fsp3) is 0.846. The summed E-state index contributed by atoms with van der Waals surface area (Å²) < 4.78 is 0. The molecule has 2 aliphatic rings. The van der Waals surface area contributed by atoms with Crippen LogP contribution in [-0.2, 0) is 4.79 Å². The molecular formula is C13H22N2OS. The first-order chi connectivity index (χ1) is 8.11. The lowest BCUT2D eigenvalue weighted by Crippen LogP contribution is -2.46. The lowest BCUT2D eigenvalue weighted by Gasteiger charge is -2.24. The van der Waals surface area contributed by atoms with Crippen molar-refractivity contribution in [3.05, 3.63) is 0 Å². The van der Waals surface area contributed by atoms with Crippen LogP contribution in [0.15, 0.2) is 0 Å². The number of fused-ring (bicyclic) bond motifs is 2. The standard InChI is InChI=1S/C13H22N2OS/c1-2-3-11(12(14)17)15-13(16)10-7-8-4-5-9(10)6-8/h8-11H,2-7H2,1H3,(H2,14,17)(H,15,16). The zero-order chi connectivity index (χ0) is 12.4. The maximum Gasteiger partial charge on any atom is 0.223 e. The third-order valence-electron chi connectivity index (χ3n) is 4.31. The number of hydrogen-bond acceptors (Lipinski definition) is 2. The van der Waals surface area contributed by atoms with Gasteiger partial charge in [0.05, 0.1) is 11.0 Å². The molecule has 2 saturated carbocycles.